The third-order valence-electron chi connectivity index (χ3n) is 5.87. The van der Waals surface area contributed by atoms with Crippen LogP contribution in [0.3, 0.4) is 0 Å². The second-order valence-corrected chi connectivity index (χ2v) is 7.81. The molecule has 0 spiro atoms. The van der Waals surface area contributed by atoms with E-state index in [1.165, 1.54) is 31.4 Å². The normalized spacial score (nSPS) is 18.1. The molecule has 1 aliphatic carbocycles. The SMILES string of the molecule is COc1cccc([C@H]2C(C(=O)Nc3ccc(F)cc3)=C(C)NC3=C2C(=O)CCC3)c1OC. The number of nitrogens with one attached hydrogen (secondary N) is 2. The van der Waals surface area contributed by atoms with E-state index >= 15 is 0 Å². The molecule has 0 saturated carbocycles. The number of rotatable bonds is 5. The molecule has 0 fully saturated rings. The Hall–Kier alpha value is -3.61. The smallest absolute Gasteiger partial charge is 0.254 e. The fourth-order valence-corrected chi connectivity index (χ4v) is 4.47. The lowest BCUT2D eigenvalue weighted by atomic mass is 9.74. The zero-order valence-electron chi connectivity index (χ0n) is 18.3. The minimum atomic E-state index is -0.621. The molecule has 4 rings (SSSR count). The van der Waals surface area contributed by atoms with Crippen LogP contribution in [-0.2, 0) is 9.59 Å². The summed E-state index contributed by atoms with van der Waals surface area (Å²) < 4.78 is 24.4. The second-order valence-electron chi connectivity index (χ2n) is 7.81. The van der Waals surface area contributed by atoms with Gasteiger partial charge >= 0.3 is 0 Å². The minimum Gasteiger partial charge on any atom is -0.493 e. The van der Waals surface area contributed by atoms with Crippen molar-refractivity contribution in [3.63, 3.8) is 0 Å². The van der Waals surface area contributed by atoms with Crippen LogP contribution in [0.2, 0.25) is 0 Å². The van der Waals surface area contributed by atoms with Crippen LogP contribution < -0.4 is 20.1 Å². The van der Waals surface area contributed by atoms with Gasteiger partial charge in [0.05, 0.1) is 20.1 Å². The topological polar surface area (TPSA) is 76.7 Å². The summed E-state index contributed by atoms with van der Waals surface area (Å²) in [5, 5.41) is 6.12. The minimum absolute atomic E-state index is 0.00760. The van der Waals surface area contributed by atoms with E-state index < -0.39 is 5.92 Å². The first kappa shape index (κ1) is 21.6. The summed E-state index contributed by atoms with van der Waals surface area (Å²) >= 11 is 0. The van der Waals surface area contributed by atoms with Crippen molar-refractivity contribution in [3.8, 4) is 11.5 Å². The Balaban J connectivity index is 1.85. The number of para-hydroxylation sites is 1. The summed E-state index contributed by atoms with van der Waals surface area (Å²) in [5.74, 6) is -0.379. The van der Waals surface area contributed by atoms with Crippen molar-refractivity contribution in [2.24, 2.45) is 0 Å². The Morgan fingerprint density at radius 2 is 1.84 bits per heavy atom. The van der Waals surface area contributed by atoms with E-state index in [4.69, 9.17) is 9.47 Å². The number of amides is 1. The van der Waals surface area contributed by atoms with Crippen molar-refractivity contribution in [2.45, 2.75) is 32.1 Å². The van der Waals surface area contributed by atoms with Gasteiger partial charge in [-0.15, -0.1) is 0 Å². The lowest BCUT2D eigenvalue weighted by molar-refractivity contribution is -0.116. The highest BCUT2D eigenvalue weighted by atomic mass is 19.1. The van der Waals surface area contributed by atoms with Crippen LogP contribution in [0.25, 0.3) is 0 Å². The molecule has 1 heterocycles. The first-order valence-electron chi connectivity index (χ1n) is 10.5. The number of methoxy groups -OCH3 is 2. The van der Waals surface area contributed by atoms with Crippen LogP contribution in [0.15, 0.2) is 65.0 Å². The molecule has 2 N–H and O–H groups in total. The molecule has 1 amide bonds. The van der Waals surface area contributed by atoms with Gasteiger partial charge < -0.3 is 20.1 Å². The van der Waals surface area contributed by atoms with Gasteiger partial charge in [-0.25, -0.2) is 4.39 Å². The maximum atomic E-state index is 13.5. The van der Waals surface area contributed by atoms with Crippen LogP contribution in [0.5, 0.6) is 11.5 Å². The van der Waals surface area contributed by atoms with Gasteiger partial charge in [0.2, 0.25) is 0 Å². The van der Waals surface area contributed by atoms with E-state index in [1.807, 2.05) is 19.1 Å². The summed E-state index contributed by atoms with van der Waals surface area (Å²) in [4.78, 5) is 26.5. The molecule has 0 radical (unpaired) electrons. The molecule has 0 saturated heterocycles. The summed E-state index contributed by atoms with van der Waals surface area (Å²) in [6, 6.07) is 11.0. The number of anilines is 1. The van der Waals surface area contributed by atoms with Crippen LogP contribution in [-0.4, -0.2) is 25.9 Å². The highest BCUT2D eigenvalue weighted by Crippen LogP contribution is 2.47. The lowest BCUT2D eigenvalue weighted by Crippen LogP contribution is -2.35. The Bertz CT molecular complexity index is 1140. The molecular formula is C25H25FN2O4. The quantitative estimate of drug-likeness (QED) is 0.724. The van der Waals surface area contributed by atoms with E-state index in [2.05, 4.69) is 10.6 Å². The molecule has 1 aliphatic heterocycles. The molecule has 0 bridgehead atoms. The Morgan fingerprint density at radius 3 is 2.53 bits per heavy atom. The fourth-order valence-electron chi connectivity index (χ4n) is 4.47. The number of Topliss-reactive ketones (excluding diaryl/α,β-unsaturated/α-hetero) is 1. The highest BCUT2D eigenvalue weighted by Gasteiger charge is 2.40. The predicted molar refractivity (Wildman–Crippen MR) is 119 cm³/mol. The van der Waals surface area contributed by atoms with Gasteiger partial charge in [-0.2, -0.15) is 0 Å². The molecular weight excluding hydrogens is 411 g/mol. The Labute approximate surface area is 186 Å². The number of hydrogen-bond acceptors (Lipinski definition) is 5. The molecule has 7 heteroatoms. The van der Waals surface area contributed by atoms with Gasteiger partial charge in [0, 0.05) is 40.2 Å². The van der Waals surface area contributed by atoms with Gasteiger partial charge in [-0.05, 0) is 50.1 Å². The van der Waals surface area contributed by atoms with Gasteiger partial charge in [-0.3, -0.25) is 9.59 Å². The Morgan fingerprint density at radius 1 is 1.09 bits per heavy atom. The zero-order valence-corrected chi connectivity index (χ0v) is 18.3. The van der Waals surface area contributed by atoms with Crippen molar-refractivity contribution < 1.29 is 23.5 Å². The number of allylic oxidation sites excluding steroid dienone is 3. The van der Waals surface area contributed by atoms with Crippen molar-refractivity contribution in [2.75, 3.05) is 19.5 Å². The fraction of sp³-hybridized carbons (Fsp3) is 0.280. The molecule has 6 nitrogen and oxygen atoms in total. The van der Waals surface area contributed by atoms with E-state index in [0.29, 0.717) is 46.0 Å². The average Bonchev–Trinajstić information content (AvgIpc) is 2.79. The molecule has 2 aromatic carbocycles. The monoisotopic (exact) mass is 436 g/mol. The number of dihydropyridines is 1. The maximum absolute atomic E-state index is 13.5. The maximum Gasteiger partial charge on any atom is 0.254 e. The van der Waals surface area contributed by atoms with Gasteiger partial charge in [0.15, 0.2) is 17.3 Å². The molecule has 2 aliphatic rings. The van der Waals surface area contributed by atoms with Gasteiger partial charge in [0.1, 0.15) is 5.82 Å². The van der Waals surface area contributed by atoms with Crippen molar-refractivity contribution in [3.05, 3.63) is 76.4 Å². The number of ketones is 1. The van der Waals surface area contributed by atoms with Gasteiger partial charge in [0.25, 0.3) is 5.91 Å². The number of benzene rings is 2. The standard InChI is InChI=1S/C25H25FN2O4/c1-14-21(25(30)28-16-12-10-15(26)11-13-16)22(23-18(27-14)7-5-8-19(23)29)17-6-4-9-20(31-2)24(17)32-3/h4,6,9-13,22,27H,5,7-8H2,1-3H3,(H,28,30)/t22-/m0/s1. The lowest BCUT2D eigenvalue weighted by Gasteiger charge is -2.35. The number of ether oxygens (including phenoxy) is 2. The molecule has 2 aromatic rings. The molecule has 32 heavy (non-hydrogen) atoms. The molecule has 0 aromatic heterocycles. The van der Waals surface area contributed by atoms with E-state index in [9.17, 15) is 14.0 Å². The number of carbonyl (C=O) groups excluding carboxylic acids is 2. The molecule has 166 valence electrons. The van der Waals surface area contributed by atoms with E-state index in [0.717, 1.165) is 18.5 Å². The molecule has 1 atom stereocenters. The van der Waals surface area contributed by atoms with Crippen LogP contribution in [0.4, 0.5) is 10.1 Å². The van der Waals surface area contributed by atoms with Gasteiger partial charge in [-0.1, -0.05) is 12.1 Å². The average molecular weight is 436 g/mol. The zero-order chi connectivity index (χ0) is 22.8. The third kappa shape index (κ3) is 3.86. The first-order valence-corrected chi connectivity index (χ1v) is 10.5. The van der Waals surface area contributed by atoms with Crippen molar-refractivity contribution >= 4 is 17.4 Å². The van der Waals surface area contributed by atoms with Crippen molar-refractivity contribution in [1.82, 2.24) is 5.32 Å². The van der Waals surface area contributed by atoms with Crippen LogP contribution in [0, 0.1) is 5.82 Å². The first-order chi connectivity index (χ1) is 15.4. The summed E-state index contributed by atoms with van der Waals surface area (Å²) in [7, 11) is 3.08. The third-order valence-corrected chi connectivity index (χ3v) is 5.87. The van der Waals surface area contributed by atoms with Crippen molar-refractivity contribution in [1.29, 1.82) is 0 Å². The predicted octanol–water partition coefficient (Wildman–Crippen LogP) is 4.45. The Kier molecular flexibility index (Phi) is 5.99. The second kappa shape index (κ2) is 8.86. The summed E-state index contributed by atoms with van der Waals surface area (Å²) in [6.45, 7) is 1.82. The molecule has 0 unspecified atom stereocenters. The number of carbonyl (C=O) groups is 2. The van der Waals surface area contributed by atoms with Crippen LogP contribution >= 0.6 is 0 Å². The van der Waals surface area contributed by atoms with Crippen LogP contribution in [0.1, 0.15) is 37.7 Å². The summed E-state index contributed by atoms with van der Waals surface area (Å²) in [6.07, 6.45) is 1.92. The van der Waals surface area contributed by atoms with E-state index in [-0.39, 0.29) is 17.5 Å². The number of hydrogen-bond donors (Lipinski definition) is 2. The largest absolute Gasteiger partial charge is 0.493 e. The van der Waals surface area contributed by atoms with E-state index in [1.54, 1.807) is 13.2 Å². The highest BCUT2D eigenvalue weighted by molar-refractivity contribution is 6.10. The number of halogens is 1. The summed E-state index contributed by atoms with van der Waals surface area (Å²) in [5.41, 5.74) is 3.63.